The van der Waals surface area contributed by atoms with E-state index in [4.69, 9.17) is 11.6 Å². The average molecular weight is 508 g/mol. The largest absolute Gasteiger partial charge is 0.573 e. The van der Waals surface area contributed by atoms with Gasteiger partial charge in [-0.1, -0.05) is 23.7 Å². The molecule has 4 atom stereocenters. The fourth-order valence-corrected chi connectivity index (χ4v) is 5.22. The first kappa shape index (κ1) is 23.1. The van der Waals surface area contributed by atoms with Crippen LogP contribution in [0.2, 0.25) is 5.02 Å². The molecule has 182 valence electrons. The number of aromatic nitrogens is 2. The molecule has 2 aromatic carbocycles. The second kappa shape index (κ2) is 8.24. The quantitative estimate of drug-likeness (QED) is 0.357. The van der Waals surface area contributed by atoms with E-state index in [1.807, 2.05) is 0 Å². The number of amides is 1. The molecule has 1 aromatic heterocycles. The van der Waals surface area contributed by atoms with Gasteiger partial charge in [0.1, 0.15) is 11.3 Å². The summed E-state index contributed by atoms with van der Waals surface area (Å²) in [6.45, 7) is 0. The van der Waals surface area contributed by atoms with Crippen molar-refractivity contribution in [2.45, 2.75) is 36.3 Å². The third-order valence-corrected chi connectivity index (χ3v) is 6.61. The molecule has 1 fully saturated rings. The van der Waals surface area contributed by atoms with Crippen LogP contribution in [-0.4, -0.2) is 39.2 Å². The van der Waals surface area contributed by atoms with Crippen molar-refractivity contribution in [3.8, 4) is 5.75 Å². The van der Waals surface area contributed by atoms with Crippen LogP contribution in [0.5, 0.6) is 5.75 Å². The number of nitrogens with one attached hydrogen (secondary N) is 3. The van der Waals surface area contributed by atoms with Gasteiger partial charge in [0.2, 0.25) is 11.9 Å². The number of benzene rings is 2. The lowest BCUT2D eigenvalue weighted by atomic mass is 9.74. The van der Waals surface area contributed by atoms with Crippen LogP contribution in [0.15, 0.2) is 55.0 Å². The number of hydrogen-bond donors (Lipinski definition) is 3. The highest BCUT2D eigenvalue weighted by Crippen LogP contribution is 2.53. The lowest BCUT2D eigenvalue weighted by Crippen LogP contribution is -2.49. The second-order valence-corrected chi connectivity index (χ2v) is 8.79. The fourth-order valence-electron chi connectivity index (χ4n) is 5.10. The topological polar surface area (TPSA) is 122 Å². The zero-order valence-corrected chi connectivity index (χ0v) is 18.4. The summed E-state index contributed by atoms with van der Waals surface area (Å²) in [4.78, 5) is 32.3. The van der Waals surface area contributed by atoms with E-state index < -0.39 is 46.5 Å². The Balaban J connectivity index is 1.69. The number of fused-ring (bicyclic) bond motifs is 2. The molecule has 0 unspecified atom stereocenters. The molecule has 3 heterocycles. The molecular formula is C22H17ClF3N5O4. The monoisotopic (exact) mass is 507 g/mol. The molecule has 9 nitrogen and oxygen atoms in total. The van der Waals surface area contributed by atoms with Crippen LogP contribution < -0.4 is 15.4 Å². The van der Waals surface area contributed by atoms with Crippen molar-refractivity contribution in [3.05, 3.63) is 86.9 Å². The molecule has 3 N–H and O–H groups in total. The van der Waals surface area contributed by atoms with Gasteiger partial charge in [-0.2, -0.15) is 0 Å². The highest BCUT2D eigenvalue weighted by Gasteiger charge is 2.66. The Hall–Kier alpha value is -3.64. The smallest absolute Gasteiger partial charge is 0.406 e. The predicted molar refractivity (Wildman–Crippen MR) is 118 cm³/mol. The van der Waals surface area contributed by atoms with Crippen LogP contribution in [0, 0.1) is 10.1 Å². The van der Waals surface area contributed by atoms with E-state index in [2.05, 4.69) is 25.3 Å². The first-order chi connectivity index (χ1) is 16.6. The Morgan fingerprint density at radius 1 is 1.20 bits per heavy atom. The predicted octanol–water partition coefficient (Wildman–Crippen LogP) is 3.75. The number of halogens is 4. The zero-order valence-electron chi connectivity index (χ0n) is 17.7. The fraction of sp³-hybridized carbons (Fsp3) is 0.273. The molecule has 0 bridgehead atoms. The van der Waals surface area contributed by atoms with Gasteiger partial charge in [0.25, 0.3) is 0 Å². The second-order valence-electron chi connectivity index (χ2n) is 8.35. The number of imidazole rings is 1. The van der Waals surface area contributed by atoms with E-state index in [1.165, 1.54) is 18.6 Å². The van der Waals surface area contributed by atoms with Crippen molar-refractivity contribution in [1.29, 1.82) is 0 Å². The molecule has 2 aliphatic heterocycles. The lowest BCUT2D eigenvalue weighted by molar-refractivity contribution is -0.526. The molecule has 0 saturated carbocycles. The van der Waals surface area contributed by atoms with E-state index in [0.717, 1.165) is 12.1 Å². The zero-order chi connectivity index (χ0) is 25.0. The van der Waals surface area contributed by atoms with Crippen LogP contribution in [0.1, 0.15) is 22.7 Å². The van der Waals surface area contributed by atoms with E-state index in [9.17, 15) is 28.1 Å². The minimum absolute atomic E-state index is 0.124. The van der Waals surface area contributed by atoms with Gasteiger partial charge in [0.05, 0.1) is 18.3 Å². The van der Waals surface area contributed by atoms with Crippen LogP contribution >= 0.6 is 11.6 Å². The van der Waals surface area contributed by atoms with Crippen molar-refractivity contribution in [3.63, 3.8) is 0 Å². The lowest BCUT2D eigenvalue weighted by Gasteiger charge is -2.30. The molecule has 1 spiro atoms. The Bertz CT molecular complexity index is 1290. The van der Waals surface area contributed by atoms with Crippen LogP contribution in [0.25, 0.3) is 0 Å². The van der Waals surface area contributed by atoms with E-state index in [1.54, 1.807) is 24.3 Å². The number of nitrogens with zero attached hydrogens (tertiary/aromatic N) is 2. The third kappa shape index (κ3) is 3.98. The summed E-state index contributed by atoms with van der Waals surface area (Å²) in [6.07, 6.45) is -1.89. The number of H-pyrrole nitrogens is 1. The van der Waals surface area contributed by atoms with Gasteiger partial charge in [-0.15, -0.1) is 13.2 Å². The average Bonchev–Trinajstić information content (AvgIpc) is 3.47. The van der Waals surface area contributed by atoms with Crippen LogP contribution in [-0.2, 0) is 16.8 Å². The highest BCUT2D eigenvalue weighted by molar-refractivity contribution is 6.30. The van der Waals surface area contributed by atoms with Crippen LogP contribution in [0.3, 0.4) is 0 Å². The van der Waals surface area contributed by atoms with Gasteiger partial charge < -0.3 is 15.0 Å². The highest BCUT2D eigenvalue weighted by atomic mass is 35.5. The Morgan fingerprint density at radius 2 is 1.94 bits per heavy atom. The van der Waals surface area contributed by atoms with Crippen molar-refractivity contribution >= 4 is 23.2 Å². The van der Waals surface area contributed by atoms with E-state index >= 15 is 0 Å². The summed E-state index contributed by atoms with van der Waals surface area (Å²) in [5.41, 5.74) is -0.352. The molecule has 3 aromatic rings. The van der Waals surface area contributed by atoms with Crippen molar-refractivity contribution in [2.24, 2.45) is 0 Å². The van der Waals surface area contributed by atoms with Crippen LogP contribution in [0.4, 0.5) is 18.9 Å². The standard InChI is InChI=1S/C22H17ClF3N5O4/c23-12-3-1-11(2-4-12)18-19(31(33)34)17(7-13-9-27-10-28-13)30-21(18)15-8-14(35-22(24,25)26)5-6-16(15)29-20(21)32/h1-6,8-10,17-19,30H,7H2,(H,27,28)(H,29,32)/t17-,18+,19-,21+/m1/s1. The van der Waals surface area contributed by atoms with Gasteiger partial charge in [0, 0.05) is 39.5 Å². The molecule has 5 rings (SSSR count). The van der Waals surface area contributed by atoms with Gasteiger partial charge >= 0.3 is 6.36 Å². The van der Waals surface area contributed by atoms with Gasteiger partial charge in [-0.05, 0) is 35.9 Å². The van der Waals surface area contributed by atoms with Crippen molar-refractivity contribution in [1.82, 2.24) is 15.3 Å². The summed E-state index contributed by atoms with van der Waals surface area (Å²) < 4.78 is 42.9. The molecular weight excluding hydrogens is 491 g/mol. The maximum atomic E-state index is 13.5. The van der Waals surface area contributed by atoms with Gasteiger partial charge in [0.15, 0.2) is 0 Å². The Morgan fingerprint density at radius 3 is 2.57 bits per heavy atom. The number of aromatic amines is 1. The van der Waals surface area contributed by atoms with Gasteiger partial charge in [-0.25, -0.2) is 4.98 Å². The summed E-state index contributed by atoms with van der Waals surface area (Å²) in [5, 5.41) is 18.6. The van der Waals surface area contributed by atoms with E-state index in [0.29, 0.717) is 16.3 Å². The number of anilines is 1. The summed E-state index contributed by atoms with van der Waals surface area (Å²) in [6, 6.07) is 7.50. The minimum atomic E-state index is -4.96. The van der Waals surface area contributed by atoms with Crippen molar-refractivity contribution < 1.29 is 27.6 Å². The molecule has 1 amide bonds. The summed E-state index contributed by atoms with van der Waals surface area (Å²) in [7, 11) is 0. The number of hydrogen-bond acceptors (Lipinski definition) is 6. The number of nitro groups is 1. The molecule has 35 heavy (non-hydrogen) atoms. The van der Waals surface area contributed by atoms with Crippen molar-refractivity contribution in [2.75, 3.05) is 5.32 Å². The van der Waals surface area contributed by atoms with E-state index in [-0.39, 0.29) is 17.7 Å². The normalized spacial score (nSPS) is 25.5. The first-order valence-corrected chi connectivity index (χ1v) is 10.8. The maximum absolute atomic E-state index is 13.5. The minimum Gasteiger partial charge on any atom is -0.406 e. The third-order valence-electron chi connectivity index (χ3n) is 6.36. The number of rotatable bonds is 5. The molecule has 2 aliphatic rings. The maximum Gasteiger partial charge on any atom is 0.573 e. The number of carbonyl (C=O) groups is 1. The SMILES string of the molecule is O=C1Nc2ccc(OC(F)(F)F)cc2[C@@]12N[C@H](Cc1cnc[nH]1)[C@@H]([N+](=O)[O-])[C@@H]2c1ccc(Cl)cc1. The Labute approximate surface area is 200 Å². The summed E-state index contributed by atoms with van der Waals surface area (Å²) >= 11 is 6.02. The number of ether oxygens (including phenoxy) is 1. The number of alkyl halides is 3. The number of carbonyl (C=O) groups excluding carboxylic acids is 1. The van der Waals surface area contributed by atoms with Gasteiger partial charge in [-0.3, -0.25) is 20.2 Å². The molecule has 0 aliphatic carbocycles. The molecule has 0 radical (unpaired) electrons. The summed E-state index contributed by atoms with van der Waals surface area (Å²) in [5.74, 6) is -2.24. The molecule has 13 heteroatoms. The molecule has 1 saturated heterocycles. The Kier molecular flexibility index (Phi) is 5.44. The first-order valence-electron chi connectivity index (χ1n) is 10.4.